The minimum Gasteiger partial charge on any atom is -0.508 e. The molecule has 4 aromatic rings. The van der Waals surface area contributed by atoms with Gasteiger partial charge in [-0.05, 0) is 61.7 Å². The SMILES string of the molecule is CCc1cc2c(CN3CCC(c4nc5ccccc5s4)CC3)cc(=O)oc2cc1O. The number of piperidine rings is 1. The molecule has 1 fully saturated rings. The first kappa shape index (κ1) is 19.3. The van der Waals surface area contributed by atoms with E-state index in [1.54, 1.807) is 12.1 Å². The van der Waals surface area contributed by atoms with Gasteiger partial charge in [-0.1, -0.05) is 19.1 Å². The van der Waals surface area contributed by atoms with E-state index in [0.717, 1.165) is 54.4 Å². The van der Waals surface area contributed by atoms with Crippen LogP contribution in [0.5, 0.6) is 5.75 Å². The smallest absolute Gasteiger partial charge is 0.336 e. The maximum absolute atomic E-state index is 12.1. The first-order chi connectivity index (χ1) is 14.6. The van der Waals surface area contributed by atoms with Crippen LogP contribution in [0.1, 0.15) is 41.8 Å². The molecule has 0 bridgehead atoms. The molecule has 1 aliphatic heterocycles. The number of hydrogen-bond acceptors (Lipinski definition) is 6. The van der Waals surface area contributed by atoms with E-state index in [9.17, 15) is 9.90 Å². The zero-order chi connectivity index (χ0) is 20.7. The number of phenolic OH excluding ortho intramolecular Hbond substituents is 1. The Bertz CT molecular complexity index is 1240. The predicted molar refractivity (Wildman–Crippen MR) is 120 cm³/mol. The number of para-hydroxylation sites is 1. The summed E-state index contributed by atoms with van der Waals surface area (Å²) in [5.41, 5.74) is 3.01. The summed E-state index contributed by atoms with van der Waals surface area (Å²) < 4.78 is 6.59. The molecule has 5 rings (SSSR count). The van der Waals surface area contributed by atoms with Crippen molar-refractivity contribution in [2.45, 2.75) is 38.6 Å². The molecule has 1 saturated heterocycles. The van der Waals surface area contributed by atoms with Crippen LogP contribution in [0.4, 0.5) is 0 Å². The molecular formula is C24H24N2O3S. The molecule has 154 valence electrons. The molecule has 0 radical (unpaired) electrons. The fourth-order valence-electron chi connectivity index (χ4n) is 4.36. The number of thiazole rings is 1. The second kappa shape index (κ2) is 7.85. The first-order valence-corrected chi connectivity index (χ1v) is 11.3. The third kappa shape index (κ3) is 3.61. The summed E-state index contributed by atoms with van der Waals surface area (Å²) in [6.45, 7) is 4.66. The summed E-state index contributed by atoms with van der Waals surface area (Å²) in [6, 6.07) is 13.4. The molecule has 2 aromatic heterocycles. The monoisotopic (exact) mass is 420 g/mol. The highest BCUT2D eigenvalue weighted by Crippen LogP contribution is 2.34. The Morgan fingerprint density at radius 2 is 1.97 bits per heavy atom. The average molecular weight is 421 g/mol. The molecule has 5 nitrogen and oxygen atoms in total. The molecule has 1 aliphatic rings. The van der Waals surface area contributed by atoms with Gasteiger partial charge in [-0.25, -0.2) is 9.78 Å². The van der Waals surface area contributed by atoms with Crippen molar-refractivity contribution >= 4 is 32.5 Å². The molecule has 0 spiro atoms. The minimum absolute atomic E-state index is 0.182. The normalized spacial score (nSPS) is 15.9. The van der Waals surface area contributed by atoms with Crippen LogP contribution in [0.3, 0.4) is 0 Å². The largest absolute Gasteiger partial charge is 0.508 e. The number of rotatable bonds is 4. The zero-order valence-electron chi connectivity index (χ0n) is 16.9. The number of aromatic hydroxyl groups is 1. The predicted octanol–water partition coefficient (Wildman–Crippen LogP) is 5.05. The maximum Gasteiger partial charge on any atom is 0.336 e. The number of fused-ring (bicyclic) bond motifs is 2. The van der Waals surface area contributed by atoms with E-state index in [1.165, 1.54) is 9.71 Å². The van der Waals surface area contributed by atoms with Crippen LogP contribution < -0.4 is 5.63 Å². The Morgan fingerprint density at radius 1 is 1.17 bits per heavy atom. The van der Waals surface area contributed by atoms with Gasteiger partial charge >= 0.3 is 5.63 Å². The van der Waals surface area contributed by atoms with Gasteiger partial charge in [0.1, 0.15) is 11.3 Å². The van der Waals surface area contributed by atoms with Crippen molar-refractivity contribution in [2.75, 3.05) is 13.1 Å². The van der Waals surface area contributed by atoms with Crippen LogP contribution in [-0.2, 0) is 13.0 Å². The van der Waals surface area contributed by atoms with Gasteiger partial charge < -0.3 is 9.52 Å². The summed E-state index contributed by atoms with van der Waals surface area (Å²) in [4.78, 5) is 19.3. The molecule has 30 heavy (non-hydrogen) atoms. The highest BCUT2D eigenvalue weighted by molar-refractivity contribution is 7.18. The van der Waals surface area contributed by atoms with Crippen LogP contribution >= 0.6 is 11.3 Å². The number of aryl methyl sites for hydroxylation is 1. The Hall–Kier alpha value is -2.70. The quantitative estimate of drug-likeness (QED) is 0.468. The molecule has 0 unspecified atom stereocenters. The van der Waals surface area contributed by atoms with E-state index < -0.39 is 0 Å². The van der Waals surface area contributed by atoms with E-state index in [-0.39, 0.29) is 11.4 Å². The number of hydrogen-bond donors (Lipinski definition) is 1. The van der Waals surface area contributed by atoms with Crippen LogP contribution in [-0.4, -0.2) is 28.1 Å². The van der Waals surface area contributed by atoms with Crippen LogP contribution in [0.2, 0.25) is 0 Å². The summed E-state index contributed by atoms with van der Waals surface area (Å²) in [5, 5.41) is 12.3. The first-order valence-electron chi connectivity index (χ1n) is 10.5. The van der Waals surface area contributed by atoms with Gasteiger partial charge in [0, 0.05) is 30.0 Å². The third-order valence-corrected chi connectivity index (χ3v) is 7.25. The van der Waals surface area contributed by atoms with Crippen molar-refractivity contribution in [1.29, 1.82) is 0 Å². The van der Waals surface area contributed by atoms with E-state index in [0.29, 0.717) is 18.0 Å². The number of benzene rings is 2. The summed E-state index contributed by atoms with van der Waals surface area (Å²) in [5.74, 6) is 0.682. The lowest BCUT2D eigenvalue weighted by Crippen LogP contribution is -2.32. The van der Waals surface area contributed by atoms with E-state index in [1.807, 2.05) is 30.4 Å². The molecule has 2 aromatic carbocycles. The number of phenols is 1. The van der Waals surface area contributed by atoms with Gasteiger partial charge in [0.25, 0.3) is 0 Å². The molecule has 1 N–H and O–H groups in total. The summed E-state index contributed by atoms with van der Waals surface area (Å²) >= 11 is 1.81. The van der Waals surface area contributed by atoms with Gasteiger partial charge in [-0.2, -0.15) is 0 Å². The van der Waals surface area contributed by atoms with Gasteiger partial charge in [-0.3, -0.25) is 4.90 Å². The van der Waals surface area contributed by atoms with Crippen LogP contribution in [0.25, 0.3) is 21.2 Å². The zero-order valence-corrected chi connectivity index (χ0v) is 17.7. The van der Waals surface area contributed by atoms with Gasteiger partial charge in [0.2, 0.25) is 0 Å². The van der Waals surface area contributed by atoms with Crippen molar-refractivity contribution in [3.05, 3.63) is 69.0 Å². The van der Waals surface area contributed by atoms with Crippen molar-refractivity contribution in [3.8, 4) is 5.75 Å². The third-order valence-electron chi connectivity index (χ3n) is 6.05. The fraction of sp³-hybridized carbons (Fsp3) is 0.333. The molecule has 0 atom stereocenters. The van der Waals surface area contributed by atoms with E-state index >= 15 is 0 Å². The average Bonchev–Trinajstić information content (AvgIpc) is 3.18. The lowest BCUT2D eigenvalue weighted by atomic mass is 9.96. The second-order valence-electron chi connectivity index (χ2n) is 7.99. The standard InChI is InChI=1S/C24H24N2O3S/c1-2-15-11-18-17(12-23(28)29-21(18)13-20(15)27)14-26-9-7-16(8-10-26)24-25-19-5-3-4-6-22(19)30-24/h3-6,11-13,16,27H,2,7-10,14H2,1H3. The molecule has 0 saturated carbocycles. The van der Waals surface area contributed by atoms with Gasteiger partial charge in [0.05, 0.1) is 15.2 Å². The molecule has 0 aliphatic carbocycles. The highest BCUT2D eigenvalue weighted by atomic mass is 32.1. The molecule has 0 amide bonds. The lowest BCUT2D eigenvalue weighted by Gasteiger charge is -2.31. The molecule has 3 heterocycles. The maximum atomic E-state index is 12.1. The summed E-state index contributed by atoms with van der Waals surface area (Å²) in [6.07, 6.45) is 2.87. The Balaban J connectivity index is 1.35. The van der Waals surface area contributed by atoms with Gasteiger partial charge in [-0.15, -0.1) is 11.3 Å². The van der Waals surface area contributed by atoms with Crippen molar-refractivity contribution in [2.24, 2.45) is 0 Å². The van der Waals surface area contributed by atoms with Crippen molar-refractivity contribution < 1.29 is 9.52 Å². The van der Waals surface area contributed by atoms with Crippen molar-refractivity contribution in [3.63, 3.8) is 0 Å². The Labute approximate surface area is 178 Å². The summed E-state index contributed by atoms with van der Waals surface area (Å²) in [7, 11) is 0. The number of nitrogens with zero attached hydrogens (tertiary/aromatic N) is 2. The van der Waals surface area contributed by atoms with Crippen LogP contribution in [0, 0.1) is 0 Å². The number of aromatic nitrogens is 1. The highest BCUT2D eigenvalue weighted by Gasteiger charge is 2.24. The van der Waals surface area contributed by atoms with Crippen molar-refractivity contribution in [1.82, 2.24) is 9.88 Å². The van der Waals surface area contributed by atoms with Gasteiger partial charge in [0.15, 0.2) is 0 Å². The van der Waals surface area contributed by atoms with E-state index in [2.05, 4.69) is 23.1 Å². The Kier molecular flexibility index (Phi) is 5.05. The second-order valence-corrected chi connectivity index (χ2v) is 9.05. The Morgan fingerprint density at radius 3 is 2.73 bits per heavy atom. The topological polar surface area (TPSA) is 66.6 Å². The minimum atomic E-state index is -0.370. The van der Waals surface area contributed by atoms with E-state index in [4.69, 9.17) is 9.40 Å². The van der Waals surface area contributed by atoms with Crippen LogP contribution in [0.15, 0.2) is 51.7 Å². The fourth-order valence-corrected chi connectivity index (χ4v) is 5.50. The molecular weight excluding hydrogens is 396 g/mol. The lowest BCUT2D eigenvalue weighted by molar-refractivity contribution is 0.205. The number of likely N-dealkylation sites (tertiary alicyclic amines) is 1. The molecule has 6 heteroatoms.